The SMILES string of the molecule is CC(=O)c1ccc(S(=O)(=O)N2C(CC3=CCC=N3)C(=O)NC23CCN(CC2CC2)CC3)cc1.NC(=O)C(N)Cc1cnc[nH]1.O=C1CCN(CC2CC2)CC1.O=C1NC2(CCN(CC3CC3)CC2)NC1CC1=CCC=N1. The van der Waals surface area contributed by atoms with E-state index in [4.69, 9.17) is 11.5 Å². The predicted molar refractivity (Wildman–Crippen MR) is 289 cm³/mol. The minimum atomic E-state index is -4.00. The number of allylic oxidation sites excluding steroid dienone is 2. The van der Waals surface area contributed by atoms with E-state index in [0.717, 1.165) is 119 Å². The Labute approximate surface area is 447 Å². The van der Waals surface area contributed by atoms with Crippen LogP contribution in [0.25, 0.3) is 0 Å². The molecular formula is C55H79N13O7S. The highest BCUT2D eigenvalue weighted by Gasteiger charge is 2.58. The summed E-state index contributed by atoms with van der Waals surface area (Å²) >= 11 is 0. The molecule has 0 radical (unpaired) electrons. The molecule has 1 aromatic heterocycles. The number of aromatic nitrogens is 2. The second kappa shape index (κ2) is 24.6. The number of likely N-dealkylation sites (tertiary alicyclic amines) is 3. The standard InChI is InChI=1S/C24H30N4O4S.C16H24N4O.C9H15NO.C6H10N4O/c1-17(29)19-6-8-21(9-7-19)33(31,32)28-22(15-20-3-2-12-25-20)23(30)26-24(28)10-13-27(14-11-24)16-18-4-5-18;21-15-14(10-13-2-1-7-17-13)18-16(19-15)5-8-20(9-6-16)11-12-3-4-12;11-9-3-5-10(6-4-9)7-8-1-2-8;7-5(6(8)11)1-4-2-9-3-10-4/h3,6-9,12,18,22H,2,4-5,10-11,13-16H2,1H3,(H,26,30);2,7,12,14,18H,1,3-6,8-11H2,(H,19,21);8H,1-7H2;2-3,5H,1,7H2,(H2,8,11)(H,9,10). The largest absolute Gasteiger partial charge is 0.368 e. The van der Waals surface area contributed by atoms with E-state index in [0.29, 0.717) is 37.0 Å². The maximum atomic E-state index is 14.0. The number of aromatic amines is 1. The van der Waals surface area contributed by atoms with Crippen molar-refractivity contribution in [3.05, 3.63) is 71.6 Å². The van der Waals surface area contributed by atoms with E-state index < -0.39 is 33.7 Å². The van der Waals surface area contributed by atoms with Gasteiger partial charge in [0.25, 0.3) is 0 Å². The Morgan fingerprint density at radius 3 is 1.76 bits per heavy atom. The van der Waals surface area contributed by atoms with Gasteiger partial charge in [0, 0.05) is 145 Å². The van der Waals surface area contributed by atoms with Gasteiger partial charge in [-0.2, -0.15) is 4.31 Å². The van der Waals surface area contributed by atoms with E-state index >= 15 is 0 Å². The molecule has 8 heterocycles. The Balaban J connectivity index is 0.000000139. The van der Waals surface area contributed by atoms with Crippen molar-refractivity contribution in [1.29, 1.82) is 0 Å². The number of H-pyrrole nitrogens is 1. The number of ketones is 2. The Morgan fingerprint density at radius 1 is 0.737 bits per heavy atom. The highest BCUT2D eigenvalue weighted by Crippen LogP contribution is 2.41. The van der Waals surface area contributed by atoms with E-state index in [9.17, 15) is 32.4 Å². The molecule has 8 N–H and O–H groups in total. The maximum Gasteiger partial charge on any atom is 0.245 e. The van der Waals surface area contributed by atoms with Gasteiger partial charge in [-0.1, -0.05) is 24.3 Å². The Morgan fingerprint density at radius 2 is 1.28 bits per heavy atom. The van der Waals surface area contributed by atoms with Crippen molar-refractivity contribution in [2.75, 3.05) is 58.9 Å². The Hall–Kier alpha value is -5.29. The molecule has 12 rings (SSSR count). The fraction of sp³-hybridized carbons (Fsp3) is 0.636. The summed E-state index contributed by atoms with van der Waals surface area (Å²) in [4.78, 5) is 81.2. The summed E-state index contributed by atoms with van der Waals surface area (Å²) in [5, 5.41) is 9.88. The lowest BCUT2D eigenvalue weighted by atomic mass is 9.97. The predicted octanol–water partition coefficient (Wildman–Crippen LogP) is 3.18. The molecule has 3 unspecified atom stereocenters. The molecule has 10 aliphatic rings. The van der Waals surface area contributed by atoms with E-state index in [1.807, 2.05) is 12.3 Å². The lowest BCUT2D eigenvalue weighted by Crippen LogP contribution is -2.60. The third-order valence-electron chi connectivity index (χ3n) is 16.4. The van der Waals surface area contributed by atoms with Crippen molar-refractivity contribution in [3.63, 3.8) is 0 Å². The van der Waals surface area contributed by atoms with Gasteiger partial charge in [-0.25, -0.2) is 13.4 Å². The summed E-state index contributed by atoms with van der Waals surface area (Å²) < 4.78 is 29.4. The van der Waals surface area contributed by atoms with E-state index in [1.54, 1.807) is 12.4 Å². The molecule has 5 saturated heterocycles. The molecule has 412 valence electrons. The molecule has 3 atom stereocenters. The molecule has 3 saturated carbocycles. The van der Waals surface area contributed by atoms with Crippen LogP contribution in [0.1, 0.15) is 126 Å². The van der Waals surface area contributed by atoms with Crippen molar-refractivity contribution in [2.45, 2.75) is 150 Å². The van der Waals surface area contributed by atoms with Gasteiger partial charge >= 0.3 is 0 Å². The molecule has 8 fully saturated rings. The maximum absolute atomic E-state index is 14.0. The van der Waals surface area contributed by atoms with Crippen LogP contribution >= 0.6 is 0 Å². The molecule has 76 heavy (non-hydrogen) atoms. The Bertz CT molecular complexity index is 2620. The van der Waals surface area contributed by atoms with Gasteiger partial charge in [0.1, 0.15) is 17.5 Å². The lowest BCUT2D eigenvalue weighted by molar-refractivity contribution is -0.122. The fourth-order valence-corrected chi connectivity index (χ4v) is 13.2. The van der Waals surface area contributed by atoms with Gasteiger partial charge in [0.05, 0.1) is 29.0 Å². The van der Waals surface area contributed by atoms with Crippen LogP contribution in [0.4, 0.5) is 0 Å². The number of sulfonamides is 1. The molecule has 0 bridgehead atoms. The summed E-state index contributed by atoms with van der Waals surface area (Å²) in [5.74, 6) is 2.40. The number of carbonyl (C=O) groups excluding carboxylic acids is 5. The number of piperidine rings is 3. The van der Waals surface area contributed by atoms with Crippen LogP contribution in [0.15, 0.2) is 75.2 Å². The first-order chi connectivity index (χ1) is 36.5. The highest BCUT2D eigenvalue weighted by atomic mass is 32.2. The summed E-state index contributed by atoms with van der Waals surface area (Å²) in [6, 6.07) is 4.41. The van der Waals surface area contributed by atoms with Gasteiger partial charge in [-0.05, 0) is 101 Å². The van der Waals surface area contributed by atoms with Crippen molar-refractivity contribution in [1.82, 2.24) is 44.9 Å². The number of imidazole rings is 1. The van der Waals surface area contributed by atoms with Gasteiger partial charge < -0.3 is 41.8 Å². The monoisotopic (exact) mass is 1070 g/mol. The molecule has 3 amide bonds. The van der Waals surface area contributed by atoms with Crippen molar-refractivity contribution in [2.24, 2.45) is 39.2 Å². The summed E-state index contributed by atoms with van der Waals surface area (Å²) in [6.45, 7) is 10.7. The van der Waals surface area contributed by atoms with Gasteiger partial charge in [-0.3, -0.25) is 39.3 Å². The summed E-state index contributed by atoms with van der Waals surface area (Å²) in [5.41, 5.74) is 12.3. The summed E-state index contributed by atoms with van der Waals surface area (Å²) in [7, 11) is -4.00. The quantitative estimate of drug-likeness (QED) is 0.132. The first-order valence-corrected chi connectivity index (χ1v) is 29.2. The lowest BCUT2D eigenvalue weighted by Gasteiger charge is -2.44. The second-order valence-corrected chi connectivity index (χ2v) is 24.5. The van der Waals surface area contributed by atoms with Crippen LogP contribution in [-0.4, -0.2) is 167 Å². The number of rotatable bonds is 16. The number of hydrogen-bond donors (Lipinski definition) is 6. The van der Waals surface area contributed by atoms with Crippen LogP contribution < -0.4 is 27.4 Å². The molecule has 3 aliphatic carbocycles. The number of amides is 3. The third kappa shape index (κ3) is 14.8. The van der Waals surface area contributed by atoms with Crippen LogP contribution in [0, 0.1) is 17.8 Å². The van der Waals surface area contributed by atoms with E-state index in [1.165, 1.54) is 93.4 Å². The zero-order valence-electron chi connectivity index (χ0n) is 44.2. The molecule has 7 aliphatic heterocycles. The number of benzene rings is 1. The zero-order chi connectivity index (χ0) is 53.5. The van der Waals surface area contributed by atoms with Crippen LogP contribution in [0.2, 0.25) is 0 Å². The number of aliphatic imine (C=N–C) groups is 2. The molecule has 2 spiro atoms. The van der Waals surface area contributed by atoms with Crippen LogP contribution in [0.3, 0.4) is 0 Å². The number of nitrogens with zero attached hydrogens (tertiary/aromatic N) is 7. The number of Topliss-reactive ketones (excluding diaryl/α,β-unsaturated/α-hetero) is 2. The topological polar surface area (TPSA) is 274 Å². The van der Waals surface area contributed by atoms with Crippen LogP contribution in [-0.2, 0) is 35.6 Å². The fourth-order valence-electron chi connectivity index (χ4n) is 11.3. The van der Waals surface area contributed by atoms with Crippen molar-refractivity contribution < 1.29 is 32.4 Å². The average molecular weight is 1070 g/mol. The average Bonchev–Trinajstić information content (AvgIpc) is 4.35. The van der Waals surface area contributed by atoms with Crippen LogP contribution in [0.5, 0.6) is 0 Å². The molecule has 2 aromatic rings. The van der Waals surface area contributed by atoms with Crippen molar-refractivity contribution in [3.8, 4) is 0 Å². The first kappa shape index (κ1) is 55.5. The van der Waals surface area contributed by atoms with Crippen molar-refractivity contribution >= 4 is 51.7 Å². The van der Waals surface area contributed by atoms with Gasteiger partial charge in [0.2, 0.25) is 27.7 Å². The smallest absolute Gasteiger partial charge is 0.245 e. The molecule has 1 aromatic carbocycles. The second-order valence-electron chi connectivity index (χ2n) is 22.6. The molecule has 20 nitrogen and oxygen atoms in total. The number of hydrogen-bond acceptors (Lipinski definition) is 15. The van der Waals surface area contributed by atoms with Gasteiger partial charge in [0.15, 0.2) is 5.78 Å². The minimum absolute atomic E-state index is 0.0951. The number of nitrogens with one attached hydrogen (secondary N) is 4. The highest BCUT2D eigenvalue weighted by molar-refractivity contribution is 7.89. The Kier molecular flexibility index (Phi) is 17.9. The first-order valence-electron chi connectivity index (χ1n) is 27.8. The molecular weight excluding hydrogens is 987 g/mol. The van der Waals surface area contributed by atoms with E-state index in [-0.39, 0.29) is 40.6 Å². The zero-order valence-corrected chi connectivity index (χ0v) is 45.0. The van der Waals surface area contributed by atoms with Gasteiger partial charge in [-0.15, -0.1) is 0 Å². The normalized spacial score (nSPS) is 25.6. The number of primary amides is 1. The number of carbonyl (C=O) groups is 5. The van der Waals surface area contributed by atoms with E-state index in [2.05, 4.69) is 56.7 Å². The number of nitrogens with two attached hydrogens (primary N) is 2. The molecule has 21 heteroatoms. The third-order valence-corrected chi connectivity index (χ3v) is 18.4. The minimum Gasteiger partial charge on any atom is -0.368 e. The summed E-state index contributed by atoms with van der Waals surface area (Å²) in [6.07, 6.45) is 26.8.